The van der Waals surface area contributed by atoms with Gasteiger partial charge in [-0.25, -0.2) is 14.0 Å². The first-order valence-electron chi connectivity index (χ1n) is 7.74. The molecule has 2 aromatic rings. The SMILES string of the molecule is CCOC(=O)c1c(C(C)C)cc(C(=O)O)c(=O)n1-c1ccc(F)cc1. The number of pyridine rings is 1. The summed E-state index contributed by atoms with van der Waals surface area (Å²) < 4.78 is 19.2. The van der Waals surface area contributed by atoms with E-state index in [0.29, 0.717) is 5.56 Å². The molecule has 0 aliphatic rings. The number of carbonyl (C=O) groups is 2. The van der Waals surface area contributed by atoms with Gasteiger partial charge in [0.25, 0.3) is 5.56 Å². The average Bonchev–Trinajstić information content (AvgIpc) is 2.55. The monoisotopic (exact) mass is 347 g/mol. The third-order valence-electron chi connectivity index (χ3n) is 3.64. The molecule has 2 rings (SSSR count). The third-order valence-corrected chi connectivity index (χ3v) is 3.64. The third kappa shape index (κ3) is 3.60. The summed E-state index contributed by atoms with van der Waals surface area (Å²) >= 11 is 0. The molecule has 25 heavy (non-hydrogen) atoms. The van der Waals surface area contributed by atoms with Gasteiger partial charge in [-0.3, -0.25) is 9.36 Å². The highest BCUT2D eigenvalue weighted by molar-refractivity contribution is 5.93. The van der Waals surface area contributed by atoms with Crippen molar-refractivity contribution in [2.75, 3.05) is 6.61 Å². The van der Waals surface area contributed by atoms with E-state index < -0.39 is 28.9 Å². The average molecular weight is 347 g/mol. The number of ether oxygens (including phenoxy) is 1. The highest BCUT2D eigenvalue weighted by Crippen LogP contribution is 2.23. The molecule has 0 aliphatic carbocycles. The van der Waals surface area contributed by atoms with Crippen LogP contribution in [0.4, 0.5) is 4.39 Å². The van der Waals surface area contributed by atoms with Gasteiger partial charge in [0.05, 0.1) is 6.61 Å². The smallest absolute Gasteiger partial charge is 0.355 e. The van der Waals surface area contributed by atoms with Crippen LogP contribution in [0.2, 0.25) is 0 Å². The molecule has 0 saturated carbocycles. The number of carboxylic acid groups (broad SMARTS) is 1. The predicted octanol–water partition coefficient (Wildman–Crippen LogP) is 2.97. The number of carbonyl (C=O) groups excluding carboxylic acids is 1. The van der Waals surface area contributed by atoms with Crippen molar-refractivity contribution in [3.63, 3.8) is 0 Å². The van der Waals surface area contributed by atoms with Gasteiger partial charge in [-0.2, -0.15) is 0 Å². The van der Waals surface area contributed by atoms with Crippen molar-refractivity contribution in [1.82, 2.24) is 4.57 Å². The van der Waals surface area contributed by atoms with Crippen molar-refractivity contribution in [1.29, 1.82) is 0 Å². The first kappa shape index (κ1) is 18.4. The minimum absolute atomic E-state index is 0.0570. The number of nitrogens with zero attached hydrogens (tertiary/aromatic N) is 1. The van der Waals surface area contributed by atoms with E-state index in [1.807, 2.05) is 0 Å². The van der Waals surface area contributed by atoms with Gasteiger partial charge >= 0.3 is 11.9 Å². The van der Waals surface area contributed by atoms with E-state index in [-0.39, 0.29) is 23.9 Å². The summed E-state index contributed by atoms with van der Waals surface area (Å²) in [6, 6.07) is 6.05. The Balaban J connectivity index is 2.93. The molecule has 1 heterocycles. The molecule has 0 bridgehead atoms. The van der Waals surface area contributed by atoms with Crippen molar-refractivity contribution in [3.8, 4) is 5.69 Å². The number of carboxylic acids is 1. The lowest BCUT2D eigenvalue weighted by molar-refractivity contribution is 0.0511. The van der Waals surface area contributed by atoms with E-state index in [9.17, 15) is 23.9 Å². The minimum Gasteiger partial charge on any atom is -0.477 e. The second kappa shape index (κ2) is 7.29. The molecule has 0 aliphatic heterocycles. The maximum absolute atomic E-state index is 13.2. The lowest BCUT2D eigenvalue weighted by Gasteiger charge is -2.19. The van der Waals surface area contributed by atoms with Crippen LogP contribution in [0.25, 0.3) is 5.69 Å². The van der Waals surface area contributed by atoms with E-state index in [2.05, 4.69) is 0 Å². The fraction of sp³-hybridized carbons (Fsp3) is 0.278. The summed E-state index contributed by atoms with van der Waals surface area (Å²) in [5.74, 6) is -2.92. The molecule has 1 N–H and O–H groups in total. The van der Waals surface area contributed by atoms with Gasteiger partial charge in [0.2, 0.25) is 0 Å². The number of hydrogen-bond acceptors (Lipinski definition) is 4. The van der Waals surface area contributed by atoms with E-state index in [1.54, 1.807) is 20.8 Å². The maximum atomic E-state index is 13.2. The van der Waals surface area contributed by atoms with Gasteiger partial charge < -0.3 is 9.84 Å². The quantitative estimate of drug-likeness (QED) is 0.841. The Kier molecular flexibility index (Phi) is 5.36. The Morgan fingerprint density at radius 2 is 1.84 bits per heavy atom. The second-order valence-electron chi connectivity index (χ2n) is 5.66. The number of halogens is 1. The Labute approximate surface area is 143 Å². The minimum atomic E-state index is -1.40. The van der Waals surface area contributed by atoms with Gasteiger partial charge in [-0.15, -0.1) is 0 Å². The van der Waals surface area contributed by atoms with Crippen LogP contribution in [0.3, 0.4) is 0 Å². The van der Waals surface area contributed by atoms with Crippen molar-refractivity contribution < 1.29 is 23.8 Å². The number of aromatic carboxylic acids is 1. The van der Waals surface area contributed by atoms with Crippen LogP contribution in [-0.4, -0.2) is 28.2 Å². The van der Waals surface area contributed by atoms with Gasteiger partial charge in [0.1, 0.15) is 17.1 Å². The van der Waals surface area contributed by atoms with Crippen molar-refractivity contribution in [2.24, 2.45) is 0 Å². The van der Waals surface area contributed by atoms with Crippen LogP contribution in [0.5, 0.6) is 0 Å². The molecular formula is C18H18FNO5. The summed E-state index contributed by atoms with van der Waals surface area (Å²) in [6.45, 7) is 5.25. The molecule has 0 amide bonds. The zero-order chi connectivity index (χ0) is 18.7. The number of rotatable bonds is 5. The lowest BCUT2D eigenvalue weighted by Crippen LogP contribution is -2.32. The summed E-state index contributed by atoms with van der Waals surface area (Å²) in [5, 5.41) is 9.33. The zero-order valence-electron chi connectivity index (χ0n) is 14.1. The summed E-state index contributed by atoms with van der Waals surface area (Å²) in [7, 11) is 0. The van der Waals surface area contributed by atoms with Crippen LogP contribution < -0.4 is 5.56 Å². The van der Waals surface area contributed by atoms with Gasteiger partial charge in [-0.1, -0.05) is 13.8 Å². The molecule has 0 atom stereocenters. The van der Waals surface area contributed by atoms with E-state index in [1.165, 1.54) is 18.2 Å². The van der Waals surface area contributed by atoms with Gasteiger partial charge in [0, 0.05) is 5.69 Å². The highest BCUT2D eigenvalue weighted by Gasteiger charge is 2.26. The zero-order valence-corrected chi connectivity index (χ0v) is 14.1. The number of hydrogen-bond donors (Lipinski definition) is 1. The summed E-state index contributed by atoms with van der Waals surface area (Å²) in [6.07, 6.45) is 0. The molecule has 0 unspecified atom stereocenters. The first-order chi connectivity index (χ1) is 11.8. The largest absolute Gasteiger partial charge is 0.477 e. The van der Waals surface area contributed by atoms with Crippen LogP contribution >= 0.6 is 0 Å². The molecule has 1 aromatic heterocycles. The van der Waals surface area contributed by atoms with Crippen LogP contribution in [0.1, 0.15) is 53.1 Å². The van der Waals surface area contributed by atoms with Crippen molar-refractivity contribution in [3.05, 3.63) is 63.3 Å². The topological polar surface area (TPSA) is 85.6 Å². The Morgan fingerprint density at radius 3 is 2.32 bits per heavy atom. The molecule has 0 fully saturated rings. The summed E-state index contributed by atoms with van der Waals surface area (Å²) in [4.78, 5) is 36.6. The normalized spacial score (nSPS) is 10.8. The maximum Gasteiger partial charge on any atom is 0.355 e. The van der Waals surface area contributed by atoms with E-state index in [0.717, 1.165) is 16.7 Å². The molecule has 132 valence electrons. The van der Waals surface area contributed by atoms with E-state index >= 15 is 0 Å². The van der Waals surface area contributed by atoms with Crippen LogP contribution in [-0.2, 0) is 4.74 Å². The Bertz CT molecular complexity index is 868. The Hall–Kier alpha value is -2.96. The molecule has 7 heteroatoms. The molecule has 0 spiro atoms. The fourth-order valence-corrected chi connectivity index (χ4v) is 2.48. The predicted molar refractivity (Wildman–Crippen MR) is 89.0 cm³/mol. The molecule has 0 radical (unpaired) electrons. The lowest BCUT2D eigenvalue weighted by atomic mass is 9.98. The Morgan fingerprint density at radius 1 is 1.24 bits per heavy atom. The van der Waals surface area contributed by atoms with Crippen LogP contribution in [0, 0.1) is 5.82 Å². The standard InChI is InChI=1S/C18H18FNO5/c1-4-25-18(24)15-13(10(2)3)9-14(17(22)23)16(21)20(15)12-7-5-11(19)6-8-12/h5-10H,4H2,1-3H3,(H,22,23). The molecule has 6 nitrogen and oxygen atoms in total. The van der Waals surface area contributed by atoms with Crippen molar-refractivity contribution in [2.45, 2.75) is 26.7 Å². The number of esters is 1. The fourth-order valence-electron chi connectivity index (χ4n) is 2.48. The highest BCUT2D eigenvalue weighted by atomic mass is 19.1. The molecule has 0 saturated heterocycles. The molecule has 1 aromatic carbocycles. The first-order valence-corrected chi connectivity index (χ1v) is 7.74. The van der Waals surface area contributed by atoms with Crippen molar-refractivity contribution >= 4 is 11.9 Å². The number of aromatic nitrogens is 1. The van der Waals surface area contributed by atoms with Crippen LogP contribution in [0.15, 0.2) is 35.1 Å². The van der Waals surface area contributed by atoms with Gasteiger partial charge in [0.15, 0.2) is 0 Å². The molecular weight excluding hydrogens is 329 g/mol. The van der Waals surface area contributed by atoms with E-state index in [4.69, 9.17) is 4.74 Å². The second-order valence-corrected chi connectivity index (χ2v) is 5.66. The number of benzene rings is 1. The van der Waals surface area contributed by atoms with Gasteiger partial charge in [-0.05, 0) is 48.7 Å². The summed E-state index contributed by atoms with van der Waals surface area (Å²) in [5.41, 5.74) is -0.870.